The Morgan fingerprint density at radius 3 is 2.88 bits per heavy atom. The second kappa shape index (κ2) is 7.55. The molecule has 132 valence electrons. The number of hydrogen-bond acceptors (Lipinski definition) is 6. The van der Waals surface area contributed by atoms with Gasteiger partial charge >= 0.3 is 12.0 Å². The molecular weight excluding hydrogens is 332 g/mol. The minimum atomic E-state index is -0.871. The van der Waals surface area contributed by atoms with Crippen molar-refractivity contribution in [1.29, 1.82) is 0 Å². The zero-order valence-electron chi connectivity index (χ0n) is 13.4. The number of fused-ring (bicyclic) bond motifs is 1. The van der Waals surface area contributed by atoms with Gasteiger partial charge in [0, 0.05) is 23.8 Å². The molecule has 8 heteroatoms. The van der Waals surface area contributed by atoms with E-state index in [1.54, 1.807) is 0 Å². The number of thioether (sulfide) groups is 1. The maximum absolute atomic E-state index is 11.8. The summed E-state index contributed by atoms with van der Waals surface area (Å²) in [6, 6.07) is 0.304. The van der Waals surface area contributed by atoms with E-state index in [2.05, 4.69) is 10.6 Å². The molecule has 0 aromatic carbocycles. The van der Waals surface area contributed by atoms with Crippen LogP contribution in [0.2, 0.25) is 0 Å². The van der Waals surface area contributed by atoms with Crippen LogP contribution in [0.3, 0.4) is 0 Å². The summed E-state index contributed by atoms with van der Waals surface area (Å²) in [4.78, 5) is 46.1. The third-order valence-electron chi connectivity index (χ3n) is 4.77. The highest BCUT2D eigenvalue weighted by Crippen LogP contribution is 2.33. The van der Waals surface area contributed by atoms with E-state index in [-0.39, 0.29) is 31.0 Å². The van der Waals surface area contributed by atoms with Gasteiger partial charge in [-0.25, -0.2) is 4.79 Å². The first-order valence-corrected chi connectivity index (χ1v) is 9.54. The van der Waals surface area contributed by atoms with Crippen LogP contribution in [0.25, 0.3) is 0 Å². The Kier molecular flexibility index (Phi) is 5.43. The predicted octanol–water partition coefficient (Wildman–Crippen LogP) is 0.946. The topological polar surface area (TPSA) is 102 Å². The number of rotatable bonds is 6. The first-order valence-electron chi connectivity index (χ1n) is 8.50. The fourth-order valence-corrected chi connectivity index (χ4v) is 5.01. The summed E-state index contributed by atoms with van der Waals surface area (Å²) in [5.41, 5.74) is 0. The van der Waals surface area contributed by atoms with E-state index in [4.69, 9.17) is 4.74 Å². The minimum absolute atomic E-state index is 0.0921. The molecule has 24 heavy (non-hydrogen) atoms. The van der Waals surface area contributed by atoms with Crippen molar-refractivity contribution in [3.8, 4) is 0 Å². The normalized spacial score (nSPS) is 32.2. The van der Waals surface area contributed by atoms with Gasteiger partial charge in [0.2, 0.25) is 11.6 Å². The molecule has 2 N–H and O–H groups in total. The number of unbranched alkanes of at least 4 members (excludes halogenated alkanes) is 1. The lowest BCUT2D eigenvalue weighted by atomic mass is 9.95. The average molecular weight is 354 g/mol. The van der Waals surface area contributed by atoms with Gasteiger partial charge in [-0.15, -0.1) is 0 Å². The van der Waals surface area contributed by atoms with E-state index in [9.17, 15) is 19.2 Å². The zero-order valence-corrected chi connectivity index (χ0v) is 14.2. The van der Waals surface area contributed by atoms with Crippen molar-refractivity contribution in [2.45, 2.75) is 68.4 Å². The van der Waals surface area contributed by atoms with Gasteiger partial charge in [0.05, 0.1) is 12.1 Å². The lowest BCUT2D eigenvalue weighted by Gasteiger charge is -2.20. The number of ether oxygens (including phenoxy) is 1. The molecule has 0 radical (unpaired) electrons. The molecule has 2 saturated heterocycles. The first-order chi connectivity index (χ1) is 11.5. The van der Waals surface area contributed by atoms with Crippen LogP contribution in [0.5, 0.6) is 0 Å². The molecule has 0 spiro atoms. The smallest absolute Gasteiger partial charge is 0.315 e. The molecule has 0 bridgehead atoms. The van der Waals surface area contributed by atoms with Crippen molar-refractivity contribution in [1.82, 2.24) is 10.6 Å². The maximum atomic E-state index is 11.8. The van der Waals surface area contributed by atoms with Crippen molar-refractivity contribution in [3.63, 3.8) is 0 Å². The van der Waals surface area contributed by atoms with Crippen molar-refractivity contribution in [2.24, 2.45) is 0 Å². The van der Waals surface area contributed by atoms with E-state index in [1.807, 2.05) is 11.8 Å². The highest BCUT2D eigenvalue weighted by atomic mass is 32.2. The summed E-state index contributed by atoms with van der Waals surface area (Å²) in [6.45, 7) is 0. The van der Waals surface area contributed by atoms with Gasteiger partial charge in [-0.2, -0.15) is 11.8 Å². The van der Waals surface area contributed by atoms with Crippen LogP contribution in [-0.4, -0.2) is 52.8 Å². The molecule has 3 fully saturated rings. The lowest BCUT2D eigenvalue weighted by molar-refractivity contribution is -0.159. The predicted molar refractivity (Wildman–Crippen MR) is 87.7 cm³/mol. The van der Waals surface area contributed by atoms with Crippen LogP contribution >= 0.6 is 11.8 Å². The number of urea groups is 1. The largest absolute Gasteiger partial charge is 0.454 e. The maximum Gasteiger partial charge on any atom is 0.315 e. The molecule has 3 rings (SSSR count). The molecule has 2 heterocycles. The number of ketones is 2. The number of Topliss-reactive ketones (excluding diaryl/α,β-unsaturated/α-hetero) is 2. The summed E-state index contributed by atoms with van der Waals surface area (Å²) in [5.74, 6) is -0.476. The van der Waals surface area contributed by atoms with Crippen molar-refractivity contribution >= 4 is 35.3 Å². The van der Waals surface area contributed by atoms with Gasteiger partial charge in [-0.05, 0) is 25.7 Å². The first kappa shape index (κ1) is 17.3. The quantitative estimate of drug-likeness (QED) is 0.319. The average Bonchev–Trinajstić information content (AvgIpc) is 3.08. The van der Waals surface area contributed by atoms with Crippen molar-refractivity contribution in [2.75, 3.05) is 5.75 Å². The van der Waals surface area contributed by atoms with Gasteiger partial charge in [-0.3, -0.25) is 14.4 Å². The molecule has 2 aliphatic heterocycles. The van der Waals surface area contributed by atoms with Crippen LogP contribution in [-0.2, 0) is 19.1 Å². The fraction of sp³-hybridized carbons (Fsp3) is 0.750. The number of amides is 2. The van der Waals surface area contributed by atoms with Crippen LogP contribution in [0.4, 0.5) is 4.79 Å². The summed E-state index contributed by atoms with van der Waals surface area (Å²) >= 11 is 1.85. The van der Waals surface area contributed by atoms with Gasteiger partial charge < -0.3 is 15.4 Å². The number of carbonyl (C=O) groups excluding carboxylic acids is 4. The van der Waals surface area contributed by atoms with E-state index >= 15 is 0 Å². The number of nitrogens with one attached hydrogen (secondary N) is 2. The molecule has 4 atom stereocenters. The summed E-state index contributed by atoms with van der Waals surface area (Å²) in [5, 5.41) is 6.23. The molecule has 7 nitrogen and oxygen atoms in total. The Labute approximate surface area is 144 Å². The number of hydrogen-bond donors (Lipinski definition) is 2. The molecule has 0 aromatic heterocycles. The zero-order chi connectivity index (χ0) is 17.1. The molecule has 1 unspecified atom stereocenters. The van der Waals surface area contributed by atoms with Gasteiger partial charge in [0.15, 0.2) is 6.10 Å². The Balaban J connectivity index is 1.33. The van der Waals surface area contributed by atoms with E-state index < -0.39 is 23.6 Å². The molecule has 3 aliphatic rings. The van der Waals surface area contributed by atoms with Crippen LogP contribution in [0, 0.1) is 0 Å². The van der Waals surface area contributed by atoms with E-state index in [0.29, 0.717) is 24.5 Å². The SMILES string of the molecule is O=C1N[C@H]2[C@H](CS[C@H]2CCCCC(=O)OC2CCCC(=O)C2=O)N1. The Morgan fingerprint density at radius 2 is 2.04 bits per heavy atom. The minimum Gasteiger partial charge on any atom is -0.454 e. The van der Waals surface area contributed by atoms with Crippen molar-refractivity contribution < 1.29 is 23.9 Å². The number of carbonyl (C=O) groups is 4. The lowest BCUT2D eigenvalue weighted by Crippen LogP contribution is -2.37. The third kappa shape index (κ3) is 3.91. The highest BCUT2D eigenvalue weighted by molar-refractivity contribution is 8.00. The summed E-state index contributed by atoms with van der Waals surface area (Å²) in [6.07, 6.45) is 3.18. The molecule has 1 saturated carbocycles. The number of esters is 1. The van der Waals surface area contributed by atoms with Crippen molar-refractivity contribution in [3.05, 3.63) is 0 Å². The van der Waals surface area contributed by atoms with Crippen LogP contribution in [0.1, 0.15) is 44.9 Å². The second-order valence-electron chi connectivity index (χ2n) is 6.53. The fourth-order valence-electron chi connectivity index (χ4n) is 3.47. The van der Waals surface area contributed by atoms with E-state index in [0.717, 1.165) is 18.6 Å². The molecule has 2 amide bonds. The molecular formula is C16H22N2O5S. The monoisotopic (exact) mass is 354 g/mol. The summed E-state index contributed by atoms with van der Waals surface area (Å²) < 4.78 is 5.15. The van der Waals surface area contributed by atoms with Gasteiger partial charge in [0.25, 0.3) is 0 Å². The molecule has 0 aromatic rings. The standard InChI is InChI=1S/C16H22N2O5S/c19-10-4-3-5-11(15(10)21)23-13(20)7-2-1-6-12-14-9(8-24-12)17-16(22)18-14/h9,11-12,14H,1-8H2,(H2,17,18,22)/t9-,11?,12-,14-/m0/s1. The van der Waals surface area contributed by atoms with Gasteiger partial charge in [0.1, 0.15) is 0 Å². The highest BCUT2D eigenvalue weighted by Gasteiger charge is 2.42. The van der Waals surface area contributed by atoms with E-state index in [1.165, 1.54) is 0 Å². The Morgan fingerprint density at radius 1 is 1.21 bits per heavy atom. The van der Waals surface area contributed by atoms with Gasteiger partial charge in [-0.1, -0.05) is 6.42 Å². The Bertz CT molecular complexity index is 553. The Hall–Kier alpha value is -1.57. The van der Waals surface area contributed by atoms with Crippen LogP contribution < -0.4 is 10.6 Å². The van der Waals surface area contributed by atoms with Crippen LogP contribution in [0.15, 0.2) is 0 Å². The molecule has 1 aliphatic carbocycles. The third-order valence-corrected chi connectivity index (χ3v) is 6.28. The summed E-state index contributed by atoms with van der Waals surface area (Å²) in [7, 11) is 0. The second-order valence-corrected chi connectivity index (χ2v) is 7.80.